The number of phenolic OH excluding ortho intramolecular Hbond substituents is 1. The van der Waals surface area contributed by atoms with E-state index < -0.39 is 0 Å². The van der Waals surface area contributed by atoms with Gasteiger partial charge in [-0.05, 0) is 35.9 Å². The number of morpholine rings is 1. The first-order valence-electron chi connectivity index (χ1n) is 8.99. The van der Waals surface area contributed by atoms with Crippen molar-refractivity contribution in [1.82, 2.24) is 4.90 Å². The Labute approximate surface area is 169 Å². The molecule has 0 atom stereocenters. The smallest absolute Gasteiger partial charge is 0.231 e. The molecule has 0 saturated carbocycles. The lowest BCUT2D eigenvalue weighted by Gasteiger charge is -2.26. The van der Waals surface area contributed by atoms with Crippen molar-refractivity contribution in [2.75, 3.05) is 39.5 Å². The van der Waals surface area contributed by atoms with E-state index in [1.165, 1.54) is 0 Å². The van der Waals surface area contributed by atoms with Gasteiger partial charge in [0.15, 0.2) is 5.76 Å². The molecule has 2 aromatic carbocycles. The lowest BCUT2D eigenvalue weighted by atomic mass is 10.1. The molecule has 0 aromatic heterocycles. The Morgan fingerprint density at radius 3 is 2.61 bits per heavy atom. The molecule has 1 fully saturated rings. The van der Waals surface area contributed by atoms with Crippen LogP contribution in [0.5, 0.6) is 17.2 Å². The Hall–Kier alpha value is -2.54. The number of Topliss-reactive ketones (excluding diaryl/α,β-unsaturated/α-hetero) is 1. The topological polar surface area (TPSA) is 68.2 Å². The Morgan fingerprint density at radius 1 is 1.11 bits per heavy atom. The molecule has 2 aromatic rings. The molecule has 0 aliphatic carbocycles. The molecule has 1 saturated heterocycles. The van der Waals surface area contributed by atoms with E-state index in [2.05, 4.69) is 4.90 Å². The van der Waals surface area contributed by atoms with Gasteiger partial charge in [0.2, 0.25) is 5.78 Å². The molecular weight excluding hydrogens is 382 g/mol. The van der Waals surface area contributed by atoms with Crippen molar-refractivity contribution in [3.05, 3.63) is 59.4 Å². The summed E-state index contributed by atoms with van der Waals surface area (Å²) in [5, 5.41) is 9.35. The largest absolute Gasteiger partial charge is 0.508 e. The second-order valence-electron chi connectivity index (χ2n) is 6.49. The van der Waals surface area contributed by atoms with Gasteiger partial charge in [0, 0.05) is 25.7 Å². The minimum absolute atomic E-state index is 0. The SMILES string of the molecule is Cl.O=C1/C(=C/c2ccc(O)cc2)Oc2cc(OCCN3CCOCC3)ccc21. The molecule has 148 valence electrons. The summed E-state index contributed by atoms with van der Waals surface area (Å²) in [6, 6.07) is 11.9. The van der Waals surface area contributed by atoms with Gasteiger partial charge < -0.3 is 19.3 Å². The van der Waals surface area contributed by atoms with Crippen LogP contribution in [-0.2, 0) is 4.74 Å². The molecule has 0 bridgehead atoms. The van der Waals surface area contributed by atoms with Gasteiger partial charge in [-0.1, -0.05) is 12.1 Å². The number of fused-ring (bicyclic) bond motifs is 1. The first kappa shape index (κ1) is 20.2. The highest BCUT2D eigenvalue weighted by Gasteiger charge is 2.27. The number of rotatable bonds is 5. The van der Waals surface area contributed by atoms with Crippen molar-refractivity contribution >= 4 is 24.3 Å². The van der Waals surface area contributed by atoms with E-state index in [9.17, 15) is 9.90 Å². The third kappa shape index (κ3) is 4.65. The number of ether oxygens (including phenoxy) is 3. The van der Waals surface area contributed by atoms with Crippen LogP contribution >= 0.6 is 12.4 Å². The second kappa shape index (κ2) is 9.10. The summed E-state index contributed by atoms with van der Waals surface area (Å²) in [6.07, 6.45) is 1.67. The zero-order valence-electron chi connectivity index (χ0n) is 15.3. The summed E-state index contributed by atoms with van der Waals surface area (Å²) < 4.78 is 16.9. The summed E-state index contributed by atoms with van der Waals surface area (Å²) in [5.74, 6) is 1.48. The fourth-order valence-corrected chi connectivity index (χ4v) is 3.10. The summed E-state index contributed by atoms with van der Waals surface area (Å²) >= 11 is 0. The monoisotopic (exact) mass is 403 g/mol. The van der Waals surface area contributed by atoms with Crippen LogP contribution in [0.15, 0.2) is 48.2 Å². The number of phenols is 1. The maximum atomic E-state index is 12.5. The van der Waals surface area contributed by atoms with E-state index in [4.69, 9.17) is 14.2 Å². The molecule has 4 rings (SSSR count). The number of benzene rings is 2. The number of carbonyl (C=O) groups excluding carboxylic acids is 1. The molecule has 0 unspecified atom stereocenters. The Balaban J connectivity index is 0.00000225. The van der Waals surface area contributed by atoms with Crippen LogP contribution in [-0.4, -0.2) is 55.2 Å². The normalized spacial score (nSPS) is 17.7. The zero-order chi connectivity index (χ0) is 18.6. The van der Waals surface area contributed by atoms with Gasteiger partial charge in [-0.3, -0.25) is 9.69 Å². The first-order chi connectivity index (χ1) is 13.2. The number of allylic oxidation sites excluding steroid dienone is 1. The van der Waals surface area contributed by atoms with Crippen LogP contribution < -0.4 is 9.47 Å². The average molecular weight is 404 g/mol. The van der Waals surface area contributed by atoms with E-state index in [0.717, 1.165) is 38.4 Å². The molecule has 0 amide bonds. The quantitative estimate of drug-likeness (QED) is 0.773. The van der Waals surface area contributed by atoms with Gasteiger partial charge in [0.05, 0.1) is 18.8 Å². The van der Waals surface area contributed by atoms with Crippen molar-refractivity contribution in [3.63, 3.8) is 0 Å². The molecule has 1 N–H and O–H groups in total. The molecule has 2 heterocycles. The molecule has 0 spiro atoms. The van der Waals surface area contributed by atoms with Crippen LogP contribution in [0.3, 0.4) is 0 Å². The minimum Gasteiger partial charge on any atom is -0.508 e. The standard InChI is InChI=1S/C21H21NO5.ClH/c23-16-3-1-15(2-4-16)13-20-21(24)18-6-5-17(14-19(18)27-20)26-12-9-22-7-10-25-11-8-22;/h1-6,13-14,23H,7-12H2;1H/b20-13-;. The minimum atomic E-state index is -0.155. The molecule has 7 heteroatoms. The van der Waals surface area contributed by atoms with Crippen LogP contribution in [0.4, 0.5) is 0 Å². The van der Waals surface area contributed by atoms with Gasteiger partial charge in [0.1, 0.15) is 23.9 Å². The van der Waals surface area contributed by atoms with Crippen LogP contribution in [0.2, 0.25) is 0 Å². The van der Waals surface area contributed by atoms with Gasteiger partial charge in [-0.2, -0.15) is 0 Å². The van der Waals surface area contributed by atoms with E-state index in [1.807, 2.05) is 0 Å². The van der Waals surface area contributed by atoms with E-state index in [-0.39, 0.29) is 29.7 Å². The van der Waals surface area contributed by atoms with E-state index in [0.29, 0.717) is 23.7 Å². The first-order valence-corrected chi connectivity index (χ1v) is 8.99. The lowest BCUT2D eigenvalue weighted by Crippen LogP contribution is -2.38. The van der Waals surface area contributed by atoms with Crippen molar-refractivity contribution < 1.29 is 24.1 Å². The summed E-state index contributed by atoms with van der Waals surface area (Å²) in [4.78, 5) is 14.8. The van der Waals surface area contributed by atoms with Crippen molar-refractivity contribution in [3.8, 4) is 17.2 Å². The van der Waals surface area contributed by atoms with Crippen LogP contribution in [0.1, 0.15) is 15.9 Å². The number of ketones is 1. The number of aromatic hydroxyl groups is 1. The molecule has 2 aliphatic heterocycles. The van der Waals surface area contributed by atoms with Crippen LogP contribution in [0.25, 0.3) is 6.08 Å². The fraction of sp³-hybridized carbons (Fsp3) is 0.286. The molecule has 28 heavy (non-hydrogen) atoms. The van der Waals surface area contributed by atoms with Gasteiger partial charge in [0.25, 0.3) is 0 Å². The summed E-state index contributed by atoms with van der Waals surface area (Å²) in [6.45, 7) is 4.80. The Bertz CT molecular complexity index is 860. The van der Waals surface area contributed by atoms with Crippen LogP contribution in [0, 0.1) is 0 Å². The van der Waals surface area contributed by atoms with Gasteiger partial charge in [-0.15, -0.1) is 12.4 Å². The lowest BCUT2D eigenvalue weighted by molar-refractivity contribution is 0.0322. The van der Waals surface area contributed by atoms with Gasteiger partial charge >= 0.3 is 0 Å². The molecule has 2 aliphatic rings. The third-order valence-corrected chi connectivity index (χ3v) is 4.61. The van der Waals surface area contributed by atoms with Crippen molar-refractivity contribution in [1.29, 1.82) is 0 Å². The van der Waals surface area contributed by atoms with Crippen molar-refractivity contribution in [2.24, 2.45) is 0 Å². The maximum Gasteiger partial charge on any atom is 0.231 e. The number of hydrogen-bond acceptors (Lipinski definition) is 6. The number of nitrogens with zero attached hydrogens (tertiary/aromatic N) is 1. The summed E-state index contributed by atoms with van der Waals surface area (Å²) in [5.41, 5.74) is 1.31. The fourth-order valence-electron chi connectivity index (χ4n) is 3.10. The highest BCUT2D eigenvalue weighted by molar-refractivity contribution is 6.14. The Kier molecular flexibility index (Phi) is 6.57. The van der Waals surface area contributed by atoms with Crippen molar-refractivity contribution in [2.45, 2.75) is 0 Å². The number of hydrogen-bond donors (Lipinski definition) is 1. The highest BCUT2D eigenvalue weighted by Crippen LogP contribution is 2.35. The molecule has 6 nitrogen and oxygen atoms in total. The predicted octanol–water partition coefficient (Wildman–Crippen LogP) is 3.14. The van der Waals surface area contributed by atoms with E-state index in [1.54, 1.807) is 48.5 Å². The Morgan fingerprint density at radius 2 is 1.86 bits per heavy atom. The maximum absolute atomic E-state index is 12.5. The second-order valence-corrected chi connectivity index (χ2v) is 6.49. The summed E-state index contributed by atoms with van der Waals surface area (Å²) in [7, 11) is 0. The van der Waals surface area contributed by atoms with Gasteiger partial charge in [-0.25, -0.2) is 0 Å². The number of carbonyl (C=O) groups is 1. The average Bonchev–Trinajstić information content (AvgIpc) is 2.99. The molecular formula is C21H22ClNO5. The highest BCUT2D eigenvalue weighted by atomic mass is 35.5. The predicted molar refractivity (Wildman–Crippen MR) is 107 cm³/mol. The van der Waals surface area contributed by atoms with E-state index >= 15 is 0 Å². The zero-order valence-corrected chi connectivity index (χ0v) is 16.1. The number of halogens is 1. The molecule has 0 radical (unpaired) electrons. The third-order valence-electron chi connectivity index (χ3n) is 4.61.